The molecule has 0 aliphatic rings. The number of anilines is 1. The topological polar surface area (TPSA) is 140 Å². The van der Waals surface area contributed by atoms with Gasteiger partial charge in [-0.25, -0.2) is 15.8 Å². The molecule has 0 aliphatic heterocycles. The van der Waals surface area contributed by atoms with Crippen molar-refractivity contribution < 1.29 is 9.66 Å². The summed E-state index contributed by atoms with van der Waals surface area (Å²) >= 11 is 0. The molecule has 0 atom stereocenters. The maximum absolute atomic E-state index is 11.0. The standard InChI is InChI=1S/C12H10N6O3/c1-7-11(17-14)15-6-16-12(7)21-10-3-2-8(5-13)4-9(10)18(19)20/h2-4,6H,14H2,1H3,(H,15,16,17). The van der Waals surface area contributed by atoms with Crippen LogP contribution in [0.1, 0.15) is 11.1 Å². The minimum atomic E-state index is -0.630. The van der Waals surface area contributed by atoms with Crippen molar-refractivity contribution in [1.82, 2.24) is 9.97 Å². The lowest BCUT2D eigenvalue weighted by Crippen LogP contribution is -2.11. The van der Waals surface area contributed by atoms with Gasteiger partial charge in [0.15, 0.2) is 0 Å². The van der Waals surface area contributed by atoms with Crippen LogP contribution in [0.25, 0.3) is 0 Å². The van der Waals surface area contributed by atoms with Gasteiger partial charge in [0, 0.05) is 6.07 Å². The van der Waals surface area contributed by atoms with Gasteiger partial charge in [0.2, 0.25) is 11.6 Å². The third kappa shape index (κ3) is 2.85. The number of hydrogen-bond donors (Lipinski definition) is 2. The molecular formula is C12H10N6O3. The summed E-state index contributed by atoms with van der Waals surface area (Å²) in [6.07, 6.45) is 1.22. The number of nitro groups is 1. The Balaban J connectivity index is 2.45. The van der Waals surface area contributed by atoms with E-state index in [2.05, 4.69) is 15.4 Å². The molecule has 9 nitrogen and oxygen atoms in total. The molecule has 2 aromatic rings. The van der Waals surface area contributed by atoms with E-state index in [1.165, 1.54) is 18.5 Å². The number of nitrogens with zero attached hydrogens (tertiary/aromatic N) is 4. The third-order valence-electron chi connectivity index (χ3n) is 2.67. The van der Waals surface area contributed by atoms with Gasteiger partial charge >= 0.3 is 5.69 Å². The highest BCUT2D eigenvalue weighted by molar-refractivity contribution is 5.54. The summed E-state index contributed by atoms with van der Waals surface area (Å²) < 4.78 is 5.45. The highest BCUT2D eigenvalue weighted by Gasteiger charge is 2.19. The van der Waals surface area contributed by atoms with E-state index < -0.39 is 4.92 Å². The van der Waals surface area contributed by atoms with E-state index in [0.29, 0.717) is 11.4 Å². The molecule has 0 fully saturated rings. The summed E-state index contributed by atoms with van der Waals surface area (Å²) in [6, 6.07) is 5.72. The molecule has 0 saturated heterocycles. The first kappa shape index (κ1) is 14.2. The Hall–Kier alpha value is -3.25. The number of nitro benzene ring substituents is 1. The van der Waals surface area contributed by atoms with Crippen molar-refractivity contribution in [2.45, 2.75) is 6.92 Å². The van der Waals surface area contributed by atoms with Gasteiger partial charge in [-0.1, -0.05) is 0 Å². The normalized spacial score (nSPS) is 9.76. The first-order chi connectivity index (χ1) is 10.1. The lowest BCUT2D eigenvalue weighted by molar-refractivity contribution is -0.385. The van der Waals surface area contributed by atoms with E-state index in [0.717, 1.165) is 6.07 Å². The van der Waals surface area contributed by atoms with Gasteiger partial charge in [0.1, 0.15) is 12.1 Å². The van der Waals surface area contributed by atoms with Crippen molar-refractivity contribution in [1.29, 1.82) is 5.26 Å². The summed E-state index contributed by atoms with van der Waals surface area (Å²) in [6.45, 7) is 1.65. The van der Waals surface area contributed by atoms with Crippen LogP contribution in [0.4, 0.5) is 11.5 Å². The van der Waals surface area contributed by atoms with Gasteiger partial charge in [-0.2, -0.15) is 5.26 Å². The fraction of sp³-hybridized carbons (Fsp3) is 0.0833. The van der Waals surface area contributed by atoms with Crippen molar-refractivity contribution in [3.05, 3.63) is 45.8 Å². The van der Waals surface area contributed by atoms with E-state index in [1.807, 2.05) is 6.07 Å². The van der Waals surface area contributed by atoms with Crippen LogP contribution >= 0.6 is 0 Å². The predicted molar refractivity (Wildman–Crippen MR) is 72.5 cm³/mol. The second kappa shape index (κ2) is 5.81. The first-order valence-electron chi connectivity index (χ1n) is 5.71. The molecule has 106 valence electrons. The minimum absolute atomic E-state index is 0.0243. The molecule has 0 amide bonds. The molecule has 0 spiro atoms. The second-order valence-electron chi connectivity index (χ2n) is 3.95. The van der Waals surface area contributed by atoms with Crippen molar-refractivity contribution in [2.75, 3.05) is 5.43 Å². The highest BCUT2D eigenvalue weighted by Crippen LogP contribution is 2.33. The van der Waals surface area contributed by atoms with Crippen LogP contribution in [0.3, 0.4) is 0 Å². The number of nitrogens with one attached hydrogen (secondary N) is 1. The Kier molecular flexibility index (Phi) is 3.92. The zero-order chi connectivity index (χ0) is 15.4. The SMILES string of the molecule is Cc1c(NN)ncnc1Oc1ccc(C#N)cc1[N+](=O)[O-]. The maximum atomic E-state index is 11.0. The smallest absolute Gasteiger partial charge is 0.312 e. The number of nitrogen functional groups attached to an aromatic ring is 1. The monoisotopic (exact) mass is 286 g/mol. The van der Waals surface area contributed by atoms with Crippen molar-refractivity contribution >= 4 is 11.5 Å². The Morgan fingerprint density at radius 1 is 1.48 bits per heavy atom. The summed E-state index contributed by atoms with van der Waals surface area (Å²) in [5.74, 6) is 5.74. The lowest BCUT2D eigenvalue weighted by atomic mass is 10.2. The number of nitriles is 1. The summed E-state index contributed by atoms with van der Waals surface area (Å²) in [7, 11) is 0. The third-order valence-corrected chi connectivity index (χ3v) is 2.67. The van der Waals surface area contributed by atoms with Gasteiger partial charge < -0.3 is 10.2 Å². The molecule has 0 bridgehead atoms. The fourth-order valence-corrected chi connectivity index (χ4v) is 1.60. The molecule has 2 rings (SSSR count). The zero-order valence-electron chi connectivity index (χ0n) is 10.9. The van der Waals surface area contributed by atoms with Gasteiger partial charge in [0.25, 0.3) is 0 Å². The lowest BCUT2D eigenvalue weighted by Gasteiger charge is -2.10. The van der Waals surface area contributed by atoms with Gasteiger partial charge in [-0.3, -0.25) is 10.1 Å². The van der Waals surface area contributed by atoms with E-state index in [-0.39, 0.29) is 22.9 Å². The minimum Gasteiger partial charge on any atom is -0.431 e. The number of benzene rings is 1. The van der Waals surface area contributed by atoms with Gasteiger partial charge in [0.05, 0.1) is 22.1 Å². The van der Waals surface area contributed by atoms with Gasteiger partial charge in [-0.05, 0) is 19.1 Å². The van der Waals surface area contributed by atoms with Crippen LogP contribution in [-0.4, -0.2) is 14.9 Å². The second-order valence-corrected chi connectivity index (χ2v) is 3.95. The number of nitrogens with two attached hydrogens (primary N) is 1. The molecule has 0 radical (unpaired) electrons. The van der Waals surface area contributed by atoms with Crippen LogP contribution in [0.5, 0.6) is 11.6 Å². The largest absolute Gasteiger partial charge is 0.431 e. The quantitative estimate of drug-likeness (QED) is 0.491. The predicted octanol–water partition coefficient (Wildman–Crippen LogP) is 1.64. The van der Waals surface area contributed by atoms with Crippen LogP contribution in [-0.2, 0) is 0 Å². The van der Waals surface area contributed by atoms with Crippen molar-refractivity contribution in [2.24, 2.45) is 5.84 Å². The molecule has 1 aromatic carbocycles. The van der Waals surface area contributed by atoms with Gasteiger partial charge in [-0.15, -0.1) is 0 Å². The number of aromatic nitrogens is 2. The molecule has 9 heteroatoms. The van der Waals surface area contributed by atoms with Crippen LogP contribution in [0.15, 0.2) is 24.5 Å². The Labute approximate surface area is 119 Å². The molecule has 21 heavy (non-hydrogen) atoms. The molecular weight excluding hydrogens is 276 g/mol. The Morgan fingerprint density at radius 2 is 2.24 bits per heavy atom. The van der Waals surface area contributed by atoms with E-state index >= 15 is 0 Å². The van der Waals surface area contributed by atoms with E-state index in [9.17, 15) is 10.1 Å². The van der Waals surface area contributed by atoms with Crippen LogP contribution in [0.2, 0.25) is 0 Å². The van der Waals surface area contributed by atoms with Crippen LogP contribution < -0.4 is 16.0 Å². The van der Waals surface area contributed by atoms with Crippen LogP contribution in [0, 0.1) is 28.4 Å². The van der Waals surface area contributed by atoms with Crippen molar-refractivity contribution in [3.8, 4) is 17.7 Å². The van der Waals surface area contributed by atoms with E-state index in [4.69, 9.17) is 15.8 Å². The maximum Gasteiger partial charge on any atom is 0.312 e. The molecule has 3 N–H and O–H groups in total. The molecule has 0 saturated carbocycles. The summed E-state index contributed by atoms with van der Waals surface area (Å²) in [5.41, 5.74) is 2.71. The summed E-state index contributed by atoms with van der Waals surface area (Å²) in [5, 5.41) is 19.8. The number of ether oxygens (including phenoxy) is 1. The van der Waals surface area contributed by atoms with E-state index in [1.54, 1.807) is 6.92 Å². The zero-order valence-corrected chi connectivity index (χ0v) is 10.9. The average molecular weight is 286 g/mol. The van der Waals surface area contributed by atoms with Crippen molar-refractivity contribution in [3.63, 3.8) is 0 Å². The highest BCUT2D eigenvalue weighted by atomic mass is 16.6. The fourth-order valence-electron chi connectivity index (χ4n) is 1.60. The molecule has 0 unspecified atom stereocenters. The number of hydrogen-bond acceptors (Lipinski definition) is 8. The molecule has 1 aromatic heterocycles. The Morgan fingerprint density at radius 3 is 2.86 bits per heavy atom. The number of rotatable bonds is 4. The molecule has 1 heterocycles. The average Bonchev–Trinajstić information content (AvgIpc) is 2.49. The first-order valence-corrected chi connectivity index (χ1v) is 5.71. The molecule has 0 aliphatic carbocycles. The number of hydrazine groups is 1. The Bertz CT molecular complexity index is 740. The summed E-state index contributed by atoms with van der Waals surface area (Å²) in [4.78, 5) is 18.2.